The average Bonchev–Trinajstić information content (AvgIpc) is 2.64. The van der Waals surface area contributed by atoms with E-state index in [9.17, 15) is 4.79 Å². The van der Waals surface area contributed by atoms with E-state index in [4.69, 9.17) is 0 Å². The number of rotatable bonds is 3. The molecular formula is C11H11BrN4O. The van der Waals surface area contributed by atoms with Gasteiger partial charge in [0.15, 0.2) is 0 Å². The predicted octanol–water partition coefficient (Wildman–Crippen LogP) is 1.76. The van der Waals surface area contributed by atoms with Crippen LogP contribution in [0.15, 0.2) is 35.1 Å². The fourth-order valence-corrected chi connectivity index (χ4v) is 1.84. The molecule has 6 heteroatoms. The summed E-state index contributed by atoms with van der Waals surface area (Å²) < 4.78 is 2.61. The highest BCUT2D eigenvalue weighted by Gasteiger charge is 2.07. The Morgan fingerprint density at radius 1 is 1.53 bits per heavy atom. The van der Waals surface area contributed by atoms with Crippen LogP contribution in [0.3, 0.4) is 0 Å². The third kappa shape index (κ3) is 3.13. The van der Waals surface area contributed by atoms with Crippen LogP contribution < -0.4 is 5.32 Å². The van der Waals surface area contributed by atoms with E-state index in [0.29, 0.717) is 12.4 Å². The molecule has 0 aliphatic heterocycles. The molecule has 1 N–H and O–H groups in total. The van der Waals surface area contributed by atoms with Gasteiger partial charge in [-0.25, -0.2) is 0 Å². The van der Waals surface area contributed by atoms with Gasteiger partial charge in [-0.1, -0.05) is 28.1 Å². The minimum atomic E-state index is -0.112. The first kappa shape index (κ1) is 11.8. The second-order valence-electron chi connectivity index (χ2n) is 3.62. The molecular weight excluding hydrogens is 284 g/mol. The Kier molecular flexibility index (Phi) is 3.53. The third-order valence-electron chi connectivity index (χ3n) is 2.22. The summed E-state index contributed by atoms with van der Waals surface area (Å²) in [6.45, 7) is 0. The van der Waals surface area contributed by atoms with E-state index < -0.39 is 0 Å². The number of amides is 1. The molecule has 1 aromatic heterocycles. The van der Waals surface area contributed by atoms with Crippen molar-refractivity contribution in [3.05, 3.63) is 40.6 Å². The van der Waals surface area contributed by atoms with Gasteiger partial charge in [-0.2, -0.15) is 0 Å². The Bertz CT molecular complexity index is 538. The molecule has 0 spiro atoms. The molecule has 1 aromatic carbocycles. The monoisotopic (exact) mass is 294 g/mol. The van der Waals surface area contributed by atoms with Crippen LogP contribution >= 0.6 is 15.9 Å². The molecule has 0 saturated heterocycles. The van der Waals surface area contributed by atoms with Gasteiger partial charge in [0.05, 0.1) is 6.42 Å². The molecule has 17 heavy (non-hydrogen) atoms. The number of hydrogen-bond donors (Lipinski definition) is 1. The lowest BCUT2D eigenvalue weighted by Crippen LogP contribution is -2.17. The topological polar surface area (TPSA) is 59.8 Å². The molecule has 5 nitrogen and oxygen atoms in total. The maximum Gasteiger partial charge on any atom is 0.231 e. The first-order valence-electron chi connectivity index (χ1n) is 5.03. The van der Waals surface area contributed by atoms with Crippen LogP contribution in [0.2, 0.25) is 0 Å². The van der Waals surface area contributed by atoms with Gasteiger partial charge >= 0.3 is 0 Å². The smallest absolute Gasteiger partial charge is 0.231 e. The van der Waals surface area contributed by atoms with Gasteiger partial charge in [-0.15, -0.1) is 10.2 Å². The highest BCUT2D eigenvalue weighted by molar-refractivity contribution is 9.10. The predicted molar refractivity (Wildman–Crippen MR) is 67.5 cm³/mol. The van der Waals surface area contributed by atoms with Crippen molar-refractivity contribution < 1.29 is 4.79 Å². The number of nitrogens with zero attached hydrogens (tertiary/aromatic N) is 3. The molecule has 0 fully saturated rings. The average molecular weight is 295 g/mol. The lowest BCUT2D eigenvalue weighted by molar-refractivity contribution is -0.115. The second kappa shape index (κ2) is 5.09. The van der Waals surface area contributed by atoms with Gasteiger partial charge in [0, 0.05) is 11.5 Å². The van der Waals surface area contributed by atoms with Crippen LogP contribution in [0.1, 0.15) is 5.56 Å². The summed E-state index contributed by atoms with van der Waals surface area (Å²) in [6.07, 6.45) is 1.85. The Balaban J connectivity index is 2.01. The van der Waals surface area contributed by atoms with Crippen molar-refractivity contribution >= 4 is 27.8 Å². The highest BCUT2D eigenvalue weighted by atomic mass is 79.9. The van der Waals surface area contributed by atoms with Crippen molar-refractivity contribution in [2.45, 2.75) is 6.42 Å². The lowest BCUT2D eigenvalue weighted by Gasteiger charge is -2.04. The number of halogens is 1. The van der Waals surface area contributed by atoms with Crippen molar-refractivity contribution in [3.8, 4) is 0 Å². The molecule has 1 heterocycles. The quantitative estimate of drug-likeness (QED) is 0.938. The zero-order valence-corrected chi connectivity index (χ0v) is 10.8. The Morgan fingerprint density at radius 3 is 3.00 bits per heavy atom. The Labute approximate surface area is 107 Å². The van der Waals surface area contributed by atoms with Crippen LogP contribution in [0.5, 0.6) is 0 Å². The van der Waals surface area contributed by atoms with Crippen LogP contribution in [-0.4, -0.2) is 20.7 Å². The van der Waals surface area contributed by atoms with Crippen molar-refractivity contribution in [2.24, 2.45) is 7.05 Å². The zero-order valence-electron chi connectivity index (χ0n) is 9.22. The maximum atomic E-state index is 11.7. The number of carbonyl (C=O) groups is 1. The van der Waals surface area contributed by atoms with Crippen LogP contribution in [0, 0.1) is 0 Å². The minimum Gasteiger partial charge on any atom is -0.303 e. The molecule has 0 radical (unpaired) electrons. The first-order valence-corrected chi connectivity index (χ1v) is 5.83. The maximum absolute atomic E-state index is 11.7. The summed E-state index contributed by atoms with van der Waals surface area (Å²) in [5.41, 5.74) is 0.944. The number of nitrogens with one attached hydrogen (secondary N) is 1. The third-order valence-corrected chi connectivity index (χ3v) is 2.71. The lowest BCUT2D eigenvalue weighted by atomic mass is 10.1. The van der Waals surface area contributed by atoms with E-state index in [0.717, 1.165) is 10.0 Å². The van der Waals surface area contributed by atoms with Gasteiger partial charge in [0.1, 0.15) is 6.33 Å². The second-order valence-corrected chi connectivity index (χ2v) is 4.54. The summed E-state index contributed by atoms with van der Waals surface area (Å²) >= 11 is 3.37. The summed E-state index contributed by atoms with van der Waals surface area (Å²) in [4.78, 5) is 11.7. The van der Waals surface area contributed by atoms with Gasteiger partial charge < -0.3 is 4.57 Å². The van der Waals surface area contributed by atoms with E-state index in [1.165, 1.54) is 6.33 Å². The van der Waals surface area contributed by atoms with Gasteiger partial charge in [-0.05, 0) is 17.7 Å². The molecule has 0 unspecified atom stereocenters. The van der Waals surface area contributed by atoms with Crippen LogP contribution in [0.25, 0.3) is 0 Å². The molecule has 0 bridgehead atoms. The summed E-state index contributed by atoms with van der Waals surface area (Å²) in [5.74, 6) is 0.337. The zero-order chi connectivity index (χ0) is 12.3. The summed E-state index contributed by atoms with van der Waals surface area (Å²) in [7, 11) is 1.77. The van der Waals surface area contributed by atoms with E-state index in [-0.39, 0.29) is 5.91 Å². The SMILES string of the molecule is Cn1cnnc1NC(=O)Cc1cccc(Br)c1. The molecule has 0 atom stereocenters. The highest BCUT2D eigenvalue weighted by Crippen LogP contribution is 2.12. The fraction of sp³-hybridized carbons (Fsp3) is 0.182. The fourth-order valence-electron chi connectivity index (χ4n) is 1.40. The number of aromatic nitrogens is 3. The number of aryl methyl sites for hydroxylation is 1. The molecule has 1 amide bonds. The summed E-state index contributed by atoms with van der Waals surface area (Å²) in [5, 5.41) is 10.2. The van der Waals surface area contributed by atoms with Crippen molar-refractivity contribution in [2.75, 3.05) is 5.32 Å². The Hall–Kier alpha value is -1.69. The molecule has 2 rings (SSSR count). The van der Waals surface area contributed by atoms with E-state index >= 15 is 0 Å². The number of benzene rings is 1. The molecule has 0 saturated carbocycles. The van der Waals surface area contributed by atoms with Gasteiger partial charge in [0.25, 0.3) is 0 Å². The Morgan fingerprint density at radius 2 is 2.35 bits per heavy atom. The standard InChI is InChI=1S/C11H11BrN4O/c1-16-7-13-15-11(16)14-10(17)6-8-3-2-4-9(12)5-8/h2-5,7H,6H2,1H3,(H,14,15,17). The number of hydrogen-bond acceptors (Lipinski definition) is 3. The molecule has 0 aliphatic carbocycles. The molecule has 0 aliphatic rings. The first-order chi connectivity index (χ1) is 8.15. The van der Waals surface area contributed by atoms with Crippen molar-refractivity contribution in [1.29, 1.82) is 0 Å². The van der Waals surface area contributed by atoms with Crippen LogP contribution in [0.4, 0.5) is 5.95 Å². The van der Waals surface area contributed by atoms with Gasteiger partial charge in [0.2, 0.25) is 11.9 Å². The van der Waals surface area contributed by atoms with Crippen molar-refractivity contribution in [1.82, 2.24) is 14.8 Å². The number of carbonyl (C=O) groups excluding carboxylic acids is 1. The normalized spacial score (nSPS) is 10.2. The van der Waals surface area contributed by atoms with Gasteiger partial charge in [-0.3, -0.25) is 10.1 Å². The van der Waals surface area contributed by atoms with E-state index in [2.05, 4.69) is 31.4 Å². The van der Waals surface area contributed by atoms with E-state index in [1.54, 1.807) is 11.6 Å². The van der Waals surface area contributed by atoms with Crippen molar-refractivity contribution in [3.63, 3.8) is 0 Å². The number of anilines is 1. The minimum absolute atomic E-state index is 0.112. The van der Waals surface area contributed by atoms with Crippen LogP contribution in [-0.2, 0) is 18.3 Å². The van der Waals surface area contributed by atoms with E-state index in [1.807, 2.05) is 24.3 Å². The summed E-state index contributed by atoms with van der Waals surface area (Å²) in [6, 6.07) is 7.64. The largest absolute Gasteiger partial charge is 0.303 e. The molecule has 88 valence electrons. The molecule has 2 aromatic rings.